The highest BCUT2D eigenvalue weighted by Crippen LogP contribution is 2.16. The van der Waals surface area contributed by atoms with Gasteiger partial charge in [-0.25, -0.2) is 0 Å². The van der Waals surface area contributed by atoms with Crippen molar-refractivity contribution in [1.29, 1.82) is 0 Å². The smallest absolute Gasteiger partial charge is 0.119 e. The standard InChI is InChI=1S/C16H17IO2S/c17-20-19-12-4-7-14-8-10-16(11-9-14)18-13-15-5-2-1-3-6-15/h1-3,5-6,8-11H,4,7,12-13H2. The van der Waals surface area contributed by atoms with Crippen molar-refractivity contribution in [2.75, 3.05) is 6.61 Å². The summed E-state index contributed by atoms with van der Waals surface area (Å²) in [6, 6.07) is 18.5. The van der Waals surface area contributed by atoms with Gasteiger partial charge in [-0.05, 0) is 36.1 Å². The van der Waals surface area contributed by atoms with Crippen molar-refractivity contribution in [3.63, 3.8) is 0 Å². The van der Waals surface area contributed by atoms with Crippen LogP contribution in [0.2, 0.25) is 0 Å². The fourth-order valence-electron chi connectivity index (χ4n) is 1.86. The molecule has 0 fully saturated rings. The second kappa shape index (κ2) is 9.26. The van der Waals surface area contributed by atoms with E-state index in [1.807, 2.05) is 30.3 Å². The van der Waals surface area contributed by atoms with E-state index in [1.165, 1.54) is 20.3 Å². The van der Waals surface area contributed by atoms with Gasteiger partial charge in [0.05, 0.1) is 15.8 Å². The summed E-state index contributed by atoms with van der Waals surface area (Å²) < 4.78 is 11.0. The van der Waals surface area contributed by atoms with Gasteiger partial charge in [-0.2, -0.15) is 0 Å². The Balaban J connectivity index is 1.76. The van der Waals surface area contributed by atoms with E-state index in [0.29, 0.717) is 6.61 Å². The Kier molecular flexibility index (Phi) is 7.25. The largest absolute Gasteiger partial charge is 0.489 e. The Labute approximate surface area is 136 Å². The summed E-state index contributed by atoms with van der Waals surface area (Å²) in [5, 5.41) is 0. The number of rotatable bonds is 8. The number of hydrogen-bond donors (Lipinski definition) is 0. The molecule has 2 aromatic rings. The zero-order valence-electron chi connectivity index (χ0n) is 11.1. The third-order valence-electron chi connectivity index (χ3n) is 2.91. The Bertz CT molecular complexity index is 488. The van der Waals surface area contributed by atoms with Crippen LogP contribution < -0.4 is 4.74 Å². The predicted molar refractivity (Wildman–Crippen MR) is 93.1 cm³/mol. The normalized spacial score (nSPS) is 10.4. The summed E-state index contributed by atoms with van der Waals surface area (Å²) in [5.41, 5.74) is 2.50. The average Bonchev–Trinajstić information content (AvgIpc) is 2.52. The van der Waals surface area contributed by atoms with Crippen LogP contribution in [-0.2, 0) is 17.2 Å². The molecule has 0 atom stereocenters. The third-order valence-corrected chi connectivity index (χ3v) is 3.93. The highest BCUT2D eigenvalue weighted by molar-refractivity contribution is 14.2. The van der Waals surface area contributed by atoms with E-state index in [1.54, 1.807) is 0 Å². The first-order valence-electron chi connectivity index (χ1n) is 6.54. The van der Waals surface area contributed by atoms with E-state index in [4.69, 9.17) is 8.92 Å². The molecule has 2 aromatic carbocycles. The van der Waals surface area contributed by atoms with Crippen molar-refractivity contribution >= 4 is 30.4 Å². The number of aryl methyl sites for hydroxylation is 1. The lowest BCUT2D eigenvalue weighted by molar-refractivity contribution is 0.306. The molecule has 0 saturated heterocycles. The lowest BCUT2D eigenvalue weighted by Crippen LogP contribution is -1.95. The zero-order valence-corrected chi connectivity index (χ0v) is 14.1. The van der Waals surface area contributed by atoms with E-state index >= 15 is 0 Å². The van der Waals surface area contributed by atoms with Gasteiger partial charge in [0.1, 0.15) is 12.4 Å². The minimum absolute atomic E-state index is 0.612. The Hall–Kier alpha value is -0.720. The van der Waals surface area contributed by atoms with Gasteiger partial charge in [0.25, 0.3) is 0 Å². The molecule has 0 radical (unpaired) electrons. The quantitative estimate of drug-likeness (QED) is 0.344. The summed E-state index contributed by atoms with van der Waals surface area (Å²) in [7, 11) is 1.39. The molecule has 0 heterocycles. The third kappa shape index (κ3) is 5.73. The van der Waals surface area contributed by atoms with Gasteiger partial charge in [0.15, 0.2) is 0 Å². The first-order valence-corrected chi connectivity index (χ1v) is 9.83. The summed E-state index contributed by atoms with van der Waals surface area (Å²) in [6.45, 7) is 1.40. The number of halogens is 1. The van der Waals surface area contributed by atoms with E-state index in [9.17, 15) is 0 Å². The maximum atomic E-state index is 5.76. The summed E-state index contributed by atoms with van der Waals surface area (Å²) in [6.07, 6.45) is 2.08. The van der Waals surface area contributed by atoms with Crippen molar-refractivity contribution in [3.05, 3.63) is 65.7 Å². The van der Waals surface area contributed by atoms with E-state index < -0.39 is 0 Å². The lowest BCUT2D eigenvalue weighted by Gasteiger charge is -2.07. The van der Waals surface area contributed by atoms with Gasteiger partial charge in [0.2, 0.25) is 0 Å². The molecule has 0 N–H and O–H groups in total. The van der Waals surface area contributed by atoms with Crippen LogP contribution in [0.3, 0.4) is 0 Å². The summed E-state index contributed by atoms with van der Waals surface area (Å²) in [4.78, 5) is 0. The predicted octanol–water partition coefficient (Wildman–Crippen LogP) is 5.21. The molecule has 20 heavy (non-hydrogen) atoms. The lowest BCUT2D eigenvalue weighted by atomic mass is 10.1. The molecule has 0 spiro atoms. The fraction of sp³-hybridized carbons (Fsp3) is 0.250. The molecule has 2 nitrogen and oxygen atoms in total. The van der Waals surface area contributed by atoms with Crippen LogP contribution in [0, 0.1) is 0 Å². The van der Waals surface area contributed by atoms with Crippen LogP contribution in [0.1, 0.15) is 17.5 Å². The van der Waals surface area contributed by atoms with Crippen molar-refractivity contribution in [1.82, 2.24) is 0 Å². The Morgan fingerprint density at radius 1 is 0.900 bits per heavy atom. The Morgan fingerprint density at radius 3 is 2.35 bits per heavy atom. The van der Waals surface area contributed by atoms with Crippen LogP contribution in [0.4, 0.5) is 0 Å². The van der Waals surface area contributed by atoms with Crippen molar-refractivity contribution in [2.45, 2.75) is 19.4 Å². The maximum Gasteiger partial charge on any atom is 0.119 e. The minimum Gasteiger partial charge on any atom is -0.489 e. The van der Waals surface area contributed by atoms with Gasteiger partial charge in [-0.3, -0.25) is 0 Å². The molecule has 2 rings (SSSR count). The molecule has 0 aliphatic heterocycles. The fourth-order valence-corrected chi connectivity index (χ4v) is 2.58. The van der Waals surface area contributed by atoms with Crippen LogP contribution in [0.15, 0.2) is 54.6 Å². The van der Waals surface area contributed by atoms with Crippen LogP contribution in [-0.4, -0.2) is 6.61 Å². The highest BCUT2D eigenvalue weighted by Gasteiger charge is 1.97. The van der Waals surface area contributed by atoms with Crippen molar-refractivity contribution in [3.8, 4) is 5.75 Å². The summed E-state index contributed by atoms with van der Waals surface area (Å²) >= 11 is 2.14. The molecule has 0 saturated carbocycles. The molecule has 0 bridgehead atoms. The maximum absolute atomic E-state index is 5.76. The topological polar surface area (TPSA) is 18.5 Å². The molecule has 0 unspecified atom stereocenters. The van der Waals surface area contributed by atoms with Gasteiger partial charge in [-0.1, -0.05) is 42.5 Å². The molecule has 0 aliphatic carbocycles. The van der Waals surface area contributed by atoms with Crippen molar-refractivity contribution < 1.29 is 8.92 Å². The molecule has 4 heteroatoms. The van der Waals surface area contributed by atoms with Gasteiger partial charge >= 0.3 is 0 Å². The van der Waals surface area contributed by atoms with Gasteiger partial charge in [0, 0.05) is 21.2 Å². The zero-order chi connectivity index (χ0) is 14.0. The van der Waals surface area contributed by atoms with Crippen LogP contribution in [0.5, 0.6) is 5.75 Å². The molecular weight excluding hydrogens is 383 g/mol. The first kappa shape index (κ1) is 15.7. The van der Waals surface area contributed by atoms with Crippen LogP contribution in [0.25, 0.3) is 0 Å². The van der Waals surface area contributed by atoms with Gasteiger partial charge < -0.3 is 8.92 Å². The summed E-state index contributed by atoms with van der Waals surface area (Å²) in [5.74, 6) is 0.914. The highest BCUT2D eigenvalue weighted by atomic mass is 127. The molecule has 0 amide bonds. The number of ether oxygens (including phenoxy) is 1. The average molecular weight is 400 g/mol. The second-order valence-electron chi connectivity index (χ2n) is 4.41. The SMILES string of the molecule is ISOCCCc1ccc(OCc2ccccc2)cc1. The second-order valence-corrected chi connectivity index (χ2v) is 5.85. The van der Waals surface area contributed by atoms with E-state index in [-0.39, 0.29) is 0 Å². The first-order chi connectivity index (χ1) is 9.88. The number of hydrogen-bond acceptors (Lipinski definition) is 3. The molecular formula is C16H17IO2S. The molecule has 106 valence electrons. The molecule has 0 aromatic heterocycles. The Morgan fingerprint density at radius 2 is 1.65 bits per heavy atom. The van der Waals surface area contributed by atoms with Crippen LogP contribution >= 0.6 is 30.4 Å². The molecule has 0 aliphatic rings. The monoisotopic (exact) mass is 400 g/mol. The van der Waals surface area contributed by atoms with Crippen molar-refractivity contribution in [2.24, 2.45) is 0 Å². The van der Waals surface area contributed by atoms with E-state index in [2.05, 4.69) is 45.5 Å². The minimum atomic E-state index is 0.612. The van der Waals surface area contributed by atoms with E-state index in [0.717, 1.165) is 25.2 Å². The van der Waals surface area contributed by atoms with Gasteiger partial charge in [-0.15, -0.1) is 0 Å². The number of benzene rings is 2.